The van der Waals surface area contributed by atoms with Crippen molar-refractivity contribution >= 4 is 45.5 Å². The lowest BCUT2D eigenvalue weighted by Gasteiger charge is -2.03. The molecular weight excluding hydrogens is 384 g/mol. The van der Waals surface area contributed by atoms with Gasteiger partial charge in [0.15, 0.2) is 0 Å². The average molecular weight is 399 g/mol. The Morgan fingerprint density at radius 2 is 2.07 bits per heavy atom. The van der Waals surface area contributed by atoms with Gasteiger partial charge in [-0.2, -0.15) is 0 Å². The molecule has 0 radical (unpaired) electrons. The van der Waals surface area contributed by atoms with Crippen LogP contribution in [0.3, 0.4) is 0 Å². The molecule has 4 rings (SSSR count). The van der Waals surface area contributed by atoms with Gasteiger partial charge >= 0.3 is 5.97 Å². The van der Waals surface area contributed by atoms with Crippen LogP contribution >= 0.6 is 11.6 Å². The number of aryl methyl sites for hydroxylation is 1. The number of aromatic nitrogens is 3. The molecule has 4 aromatic rings. The molecule has 0 spiro atoms. The Labute approximate surface area is 163 Å². The zero-order chi connectivity index (χ0) is 19.8. The number of hydrogen-bond acceptors (Lipinski definition) is 6. The Kier molecular flexibility index (Phi) is 4.48. The first kappa shape index (κ1) is 18.0. The quantitative estimate of drug-likeness (QED) is 0.510. The van der Waals surface area contributed by atoms with Gasteiger partial charge in [0.25, 0.3) is 5.91 Å². The summed E-state index contributed by atoms with van der Waals surface area (Å²) in [5.74, 6) is 0.274. The maximum atomic E-state index is 12.6. The second-order valence-electron chi connectivity index (χ2n) is 6.16. The minimum atomic E-state index is -0.552. The van der Waals surface area contributed by atoms with Gasteiger partial charge in [0.05, 0.1) is 30.9 Å². The molecule has 0 bridgehead atoms. The number of H-pyrrole nitrogens is 1. The van der Waals surface area contributed by atoms with E-state index in [1.54, 1.807) is 25.3 Å². The molecule has 9 heteroatoms. The number of nitrogens with one attached hydrogen (secondary N) is 2. The SMILES string of the molecule is COC(=O)c1cc(Cl)cc2cc(CNC(=O)c3cncc4[nH]c(C)nc34)oc12. The topological polar surface area (TPSA) is 110 Å². The number of aromatic amines is 1. The molecule has 28 heavy (non-hydrogen) atoms. The first-order valence-corrected chi connectivity index (χ1v) is 8.73. The summed E-state index contributed by atoms with van der Waals surface area (Å²) in [7, 11) is 1.28. The molecule has 142 valence electrons. The van der Waals surface area contributed by atoms with E-state index in [0.29, 0.717) is 44.2 Å². The number of halogens is 1. The van der Waals surface area contributed by atoms with Crippen molar-refractivity contribution in [2.75, 3.05) is 7.11 Å². The fraction of sp³-hybridized carbons (Fsp3) is 0.158. The van der Waals surface area contributed by atoms with Crippen molar-refractivity contribution in [3.8, 4) is 0 Å². The predicted octanol–water partition coefficient (Wildman–Crippen LogP) is 3.38. The lowest BCUT2D eigenvalue weighted by molar-refractivity contribution is 0.0601. The molecule has 3 aromatic heterocycles. The Balaban J connectivity index is 1.60. The van der Waals surface area contributed by atoms with Crippen molar-refractivity contribution in [1.82, 2.24) is 20.3 Å². The van der Waals surface area contributed by atoms with E-state index in [1.165, 1.54) is 19.4 Å². The van der Waals surface area contributed by atoms with Crippen molar-refractivity contribution < 1.29 is 18.7 Å². The highest BCUT2D eigenvalue weighted by Gasteiger charge is 2.18. The number of carbonyl (C=O) groups excluding carboxylic acids is 2. The van der Waals surface area contributed by atoms with E-state index in [9.17, 15) is 9.59 Å². The van der Waals surface area contributed by atoms with Crippen LogP contribution in [0.15, 0.2) is 35.0 Å². The maximum absolute atomic E-state index is 12.6. The highest BCUT2D eigenvalue weighted by atomic mass is 35.5. The zero-order valence-corrected chi connectivity index (χ0v) is 15.8. The molecule has 1 amide bonds. The van der Waals surface area contributed by atoms with Crippen molar-refractivity contribution in [3.05, 3.63) is 58.3 Å². The summed E-state index contributed by atoms with van der Waals surface area (Å²) >= 11 is 6.06. The number of methoxy groups -OCH3 is 1. The molecule has 0 aliphatic carbocycles. The van der Waals surface area contributed by atoms with Crippen molar-refractivity contribution in [3.63, 3.8) is 0 Å². The molecular formula is C19H15ClN4O4. The van der Waals surface area contributed by atoms with Gasteiger partial charge in [-0.15, -0.1) is 0 Å². The number of nitrogens with zero attached hydrogens (tertiary/aromatic N) is 2. The summed E-state index contributed by atoms with van der Waals surface area (Å²) in [6, 6.07) is 4.87. The summed E-state index contributed by atoms with van der Waals surface area (Å²) in [4.78, 5) is 36.0. The van der Waals surface area contributed by atoms with Gasteiger partial charge in [0.1, 0.15) is 28.2 Å². The van der Waals surface area contributed by atoms with E-state index < -0.39 is 5.97 Å². The Morgan fingerprint density at radius 3 is 2.86 bits per heavy atom. The highest BCUT2D eigenvalue weighted by Crippen LogP contribution is 2.28. The van der Waals surface area contributed by atoms with E-state index in [4.69, 9.17) is 20.8 Å². The van der Waals surface area contributed by atoms with E-state index >= 15 is 0 Å². The molecule has 0 atom stereocenters. The minimum absolute atomic E-state index is 0.117. The van der Waals surface area contributed by atoms with Gasteiger partial charge in [-0.05, 0) is 25.1 Å². The van der Waals surface area contributed by atoms with Gasteiger partial charge in [-0.25, -0.2) is 9.78 Å². The minimum Gasteiger partial charge on any atom is -0.465 e. The summed E-state index contributed by atoms with van der Waals surface area (Å²) in [5.41, 5.74) is 2.17. The fourth-order valence-corrected chi connectivity index (χ4v) is 3.23. The van der Waals surface area contributed by atoms with Crippen molar-refractivity contribution in [2.45, 2.75) is 13.5 Å². The van der Waals surface area contributed by atoms with Crippen LogP contribution in [0.2, 0.25) is 5.02 Å². The molecule has 0 unspecified atom stereocenters. The second-order valence-corrected chi connectivity index (χ2v) is 6.60. The van der Waals surface area contributed by atoms with Gasteiger partial charge in [-0.1, -0.05) is 11.6 Å². The monoisotopic (exact) mass is 398 g/mol. The first-order valence-electron chi connectivity index (χ1n) is 8.35. The number of ether oxygens (including phenoxy) is 1. The number of benzene rings is 1. The zero-order valence-electron chi connectivity index (χ0n) is 15.0. The third-order valence-electron chi connectivity index (χ3n) is 4.22. The van der Waals surface area contributed by atoms with Crippen molar-refractivity contribution in [2.24, 2.45) is 0 Å². The smallest absolute Gasteiger partial charge is 0.341 e. The molecule has 0 aliphatic heterocycles. The van der Waals surface area contributed by atoms with Crippen LogP contribution in [0, 0.1) is 6.92 Å². The molecule has 0 aliphatic rings. The number of hydrogen-bond donors (Lipinski definition) is 2. The summed E-state index contributed by atoms with van der Waals surface area (Å²) in [6.45, 7) is 1.92. The van der Waals surface area contributed by atoms with Crippen LogP contribution in [-0.4, -0.2) is 33.9 Å². The third-order valence-corrected chi connectivity index (χ3v) is 4.44. The molecule has 2 N–H and O–H groups in total. The van der Waals surface area contributed by atoms with Crippen LogP contribution in [0.5, 0.6) is 0 Å². The molecule has 8 nitrogen and oxygen atoms in total. The fourth-order valence-electron chi connectivity index (χ4n) is 3.00. The normalized spacial score (nSPS) is 11.1. The Bertz CT molecular complexity index is 1230. The largest absolute Gasteiger partial charge is 0.465 e. The standard InChI is InChI=1S/C19H15ClN4O4/c1-9-23-15-8-21-7-14(16(15)24-9)18(25)22-6-12-4-10-3-11(20)5-13(17(10)28-12)19(26)27-2/h3-5,7-8H,6H2,1-2H3,(H,22,25)(H,23,24). The van der Waals surface area contributed by atoms with E-state index in [2.05, 4.69) is 20.3 Å². The van der Waals surface area contributed by atoms with Gasteiger partial charge in [0.2, 0.25) is 0 Å². The Hall–Kier alpha value is -3.39. The van der Waals surface area contributed by atoms with E-state index in [0.717, 1.165) is 0 Å². The maximum Gasteiger partial charge on any atom is 0.341 e. The van der Waals surface area contributed by atoms with Crippen LogP contribution in [-0.2, 0) is 11.3 Å². The van der Waals surface area contributed by atoms with E-state index in [1.807, 2.05) is 0 Å². The van der Waals surface area contributed by atoms with Gasteiger partial charge < -0.3 is 19.5 Å². The number of imidazole rings is 1. The number of furan rings is 1. The number of rotatable bonds is 4. The second kappa shape index (κ2) is 6.97. The first-order chi connectivity index (χ1) is 13.5. The lowest BCUT2D eigenvalue weighted by atomic mass is 10.1. The van der Waals surface area contributed by atoms with Gasteiger partial charge in [0, 0.05) is 16.6 Å². The molecule has 0 saturated carbocycles. The molecule has 0 fully saturated rings. The molecule has 3 heterocycles. The van der Waals surface area contributed by atoms with Crippen LogP contribution in [0.4, 0.5) is 0 Å². The number of esters is 1. The number of carbonyl (C=O) groups is 2. The van der Waals surface area contributed by atoms with Crippen LogP contribution in [0.1, 0.15) is 32.3 Å². The van der Waals surface area contributed by atoms with Crippen LogP contribution in [0.25, 0.3) is 22.0 Å². The third kappa shape index (κ3) is 3.18. The lowest BCUT2D eigenvalue weighted by Crippen LogP contribution is -2.23. The summed E-state index contributed by atoms with van der Waals surface area (Å²) in [5, 5.41) is 3.81. The number of fused-ring (bicyclic) bond motifs is 2. The average Bonchev–Trinajstić information content (AvgIpc) is 3.26. The Morgan fingerprint density at radius 1 is 1.25 bits per heavy atom. The summed E-state index contributed by atoms with van der Waals surface area (Å²) in [6.07, 6.45) is 3.08. The van der Waals surface area contributed by atoms with E-state index in [-0.39, 0.29) is 18.0 Å². The highest BCUT2D eigenvalue weighted by molar-refractivity contribution is 6.32. The van der Waals surface area contributed by atoms with Crippen molar-refractivity contribution in [1.29, 1.82) is 0 Å². The summed E-state index contributed by atoms with van der Waals surface area (Å²) < 4.78 is 10.5. The van der Waals surface area contributed by atoms with Crippen LogP contribution < -0.4 is 5.32 Å². The molecule has 0 saturated heterocycles. The number of pyridine rings is 1. The van der Waals surface area contributed by atoms with Gasteiger partial charge in [-0.3, -0.25) is 9.78 Å². The number of amides is 1. The predicted molar refractivity (Wildman–Crippen MR) is 102 cm³/mol. The molecule has 1 aromatic carbocycles.